The molecule has 0 aliphatic rings. The monoisotopic (exact) mass is 342 g/mol. The zero-order chi connectivity index (χ0) is 17.2. The third kappa shape index (κ3) is 6.46. The van der Waals surface area contributed by atoms with E-state index in [2.05, 4.69) is 17.5 Å². The highest BCUT2D eigenvalue weighted by Gasteiger charge is 2.01. The topological polar surface area (TPSA) is 50.7 Å². The summed E-state index contributed by atoms with van der Waals surface area (Å²) < 4.78 is 5.52. The van der Waals surface area contributed by atoms with Gasteiger partial charge >= 0.3 is 0 Å². The largest absolute Gasteiger partial charge is 0.494 e. The fourth-order valence-corrected chi connectivity index (χ4v) is 2.56. The SMILES string of the molecule is CCCOc1ccc(/C=N/NC(=O)CSc2ccc(C)cc2)cc1. The first kappa shape index (κ1) is 18.1. The molecule has 0 fully saturated rings. The van der Waals surface area contributed by atoms with Crippen molar-refractivity contribution in [1.29, 1.82) is 0 Å². The van der Waals surface area contributed by atoms with E-state index in [1.165, 1.54) is 17.3 Å². The number of thioether (sulfide) groups is 1. The van der Waals surface area contributed by atoms with Crippen LogP contribution in [0.15, 0.2) is 58.5 Å². The first-order chi connectivity index (χ1) is 11.7. The lowest BCUT2D eigenvalue weighted by molar-refractivity contribution is -0.118. The summed E-state index contributed by atoms with van der Waals surface area (Å²) in [5.74, 6) is 1.05. The lowest BCUT2D eigenvalue weighted by Crippen LogP contribution is -2.19. The van der Waals surface area contributed by atoms with Gasteiger partial charge in [0.05, 0.1) is 18.6 Å². The standard InChI is InChI=1S/C19H22N2O2S/c1-3-12-23-17-8-6-16(7-9-17)13-20-21-19(22)14-24-18-10-4-15(2)5-11-18/h4-11,13H,3,12,14H2,1-2H3,(H,21,22)/b20-13+. The van der Waals surface area contributed by atoms with Gasteiger partial charge in [0, 0.05) is 4.90 Å². The number of amides is 1. The number of rotatable bonds is 8. The number of nitrogens with one attached hydrogen (secondary N) is 1. The molecule has 24 heavy (non-hydrogen) atoms. The summed E-state index contributed by atoms with van der Waals surface area (Å²) in [5.41, 5.74) is 4.66. The molecule has 2 rings (SSSR count). The molecule has 4 nitrogen and oxygen atoms in total. The first-order valence-electron chi connectivity index (χ1n) is 7.91. The van der Waals surface area contributed by atoms with E-state index in [0.717, 1.165) is 22.6 Å². The van der Waals surface area contributed by atoms with Crippen LogP contribution in [0.3, 0.4) is 0 Å². The molecular formula is C19H22N2O2S. The summed E-state index contributed by atoms with van der Waals surface area (Å²) in [6, 6.07) is 15.7. The predicted molar refractivity (Wildman–Crippen MR) is 99.9 cm³/mol. The van der Waals surface area contributed by atoms with Crippen LogP contribution in [0.5, 0.6) is 5.75 Å². The van der Waals surface area contributed by atoms with Crippen LogP contribution >= 0.6 is 11.8 Å². The Morgan fingerprint density at radius 3 is 2.54 bits per heavy atom. The van der Waals surface area contributed by atoms with Gasteiger partial charge in [-0.1, -0.05) is 24.6 Å². The minimum Gasteiger partial charge on any atom is -0.494 e. The van der Waals surface area contributed by atoms with Crippen molar-refractivity contribution in [2.75, 3.05) is 12.4 Å². The van der Waals surface area contributed by atoms with Crippen LogP contribution in [0.1, 0.15) is 24.5 Å². The summed E-state index contributed by atoms with van der Waals surface area (Å²) in [6.07, 6.45) is 2.61. The highest BCUT2D eigenvalue weighted by atomic mass is 32.2. The number of nitrogens with zero attached hydrogens (tertiary/aromatic N) is 1. The summed E-state index contributed by atoms with van der Waals surface area (Å²) in [5, 5.41) is 3.98. The number of hydrazone groups is 1. The molecule has 0 saturated heterocycles. The third-order valence-corrected chi connectivity index (χ3v) is 4.16. The molecule has 0 bridgehead atoms. The number of carbonyl (C=O) groups is 1. The lowest BCUT2D eigenvalue weighted by atomic mass is 10.2. The molecule has 0 radical (unpaired) electrons. The average molecular weight is 342 g/mol. The van der Waals surface area contributed by atoms with Gasteiger partial charge in [0.25, 0.3) is 0 Å². The third-order valence-electron chi connectivity index (χ3n) is 3.15. The maximum Gasteiger partial charge on any atom is 0.250 e. The molecule has 0 atom stereocenters. The molecule has 2 aromatic rings. The van der Waals surface area contributed by atoms with Crippen LogP contribution in [0.25, 0.3) is 0 Å². The Balaban J connectivity index is 1.74. The minimum absolute atomic E-state index is 0.125. The lowest BCUT2D eigenvalue weighted by Gasteiger charge is -2.04. The molecule has 1 N–H and O–H groups in total. The van der Waals surface area contributed by atoms with Crippen molar-refractivity contribution in [2.24, 2.45) is 5.10 Å². The van der Waals surface area contributed by atoms with Gasteiger partial charge in [-0.2, -0.15) is 5.10 Å². The average Bonchev–Trinajstić information content (AvgIpc) is 2.60. The van der Waals surface area contributed by atoms with Crippen molar-refractivity contribution in [3.05, 3.63) is 59.7 Å². The molecule has 0 saturated carbocycles. The molecule has 1 amide bonds. The van der Waals surface area contributed by atoms with Crippen LogP contribution in [0, 0.1) is 6.92 Å². The zero-order valence-corrected chi connectivity index (χ0v) is 14.8. The van der Waals surface area contributed by atoms with Crippen molar-refractivity contribution >= 4 is 23.9 Å². The minimum atomic E-state index is -0.125. The van der Waals surface area contributed by atoms with Crippen LogP contribution < -0.4 is 10.2 Å². The van der Waals surface area contributed by atoms with Gasteiger partial charge in [-0.05, 0) is 55.3 Å². The van der Waals surface area contributed by atoms with Gasteiger partial charge in [-0.3, -0.25) is 4.79 Å². The van der Waals surface area contributed by atoms with Gasteiger partial charge < -0.3 is 4.74 Å². The smallest absolute Gasteiger partial charge is 0.250 e. The fourth-order valence-electron chi connectivity index (χ4n) is 1.86. The van der Waals surface area contributed by atoms with E-state index in [0.29, 0.717) is 12.4 Å². The van der Waals surface area contributed by atoms with Gasteiger partial charge in [-0.15, -0.1) is 11.8 Å². The van der Waals surface area contributed by atoms with Crippen LogP contribution in [0.2, 0.25) is 0 Å². The number of hydrogen-bond donors (Lipinski definition) is 1. The first-order valence-corrected chi connectivity index (χ1v) is 8.90. The van der Waals surface area contributed by atoms with E-state index in [1.54, 1.807) is 6.21 Å². The van der Waals surface area contributed by atoms with Crippen LogP contribution in [-0.2, 0) is 4.79 Å². The second-order valence-electron chi connectivity index (χ2n) is 5.31. The van der Waals surface area contributed by atoms with E-state index in [-0.39, 0.29) is 5.91 Å². The number of ether oxygens (including phenoxy) is 1. The van der Waals surface area contributed by atoms with E-state index in [4.69, 9.17) is 4.74 Å². The van der Waals surface area contributed by atoms with Crippen molar-refractivity contribution in [3.8, 4) is 5.75 Å². The molecule has 0 unspecified atom stereocenters. The van der Waals surface area contributed by atoms with Gasteiger partial charge in [-0.25, -0.2) is 5.43 Å². The molecule has 0 heterocycles. The predicted octanol–water partition coefficient (Wildman–Crippen LogP) is 4.03. The maximum absolute atomic E-state index is 11.8. The van der Waals surface area contributed by atoms with Crippen molar-refractivity contribution in [1.82, 2.24) is 5.43 Å². The van der Waals surface area contributed by atoms with Gasteiger partial charge in [0.15, 0.2) is 0 Å². The van der Waals surface area contributed by atoms with Crippen molar-refractivity contribution in [3.63, 3.8) is 0 Å². The molecular weight excluding hydrogens is 320 g/mol. The Morgan fingerprint density at radius 2 is 1.88 bits per heavy atom. The molecule has 2 aromatic carbocycles. The second kappa shape index (κ2) is 9.78. The molecule has 0 spiro atoms. The molecule has 126 valence electrons. The number of benzene rings is 2. The maximum atomic E-state index is 11.8. The quantitative estimate of drug-likeness (QED) is 0.448. The molecule has 0 aromatic heterocycles. The van der Waals surface area contributed by atoms with Crippen LogP contribution in [-0.4, -0.2) is 24.5 Å². The Bertz CT molecular complexity index is 667. The number of hydrogen-bond acceptors (Lipinski definition) is 4. The molecule has 0 aliphatic heterocycles. The van der Waals surface area contributed by atoms with Gasteiger partial charge in [0.1, 0.15) is 5.75 Å². The van der Waals surface area contributed by atoms with Crippen LogP contribution in [0.4, 0.5) is 0 Å². The van der Waals surface area contributed by atoms with Crippen molar-refractivity contribution in [2.45, 2.75) is 25.2 Å². The Morgan fingerprint density at radius 1 is 1.17 bits per heavy atom. The summed E-state index contributed by atoms with van der Waals surface area (Å²) in [4.78, 5) is 12.9. The fraction of sp³-hybridized carbons (Fsp3) is 0.263. The highest BCUT2D eigenvalue weighted by Crippen LogP contribution is 2.17. The van der Waals surface area contributed by atoms with Crippen molar-refractivity contribution < 1.29 is 9.53 Å². The second-order valence-corrected chi connectivity index (χ2v) is 6.36. The molecule has 5 heteroatoms. The summed E-state index contributed by atoms with van der Waals surface area (Å²) in [6.45, 7) is 4.82. The Kier molecular flexibility index (Phi) is 7.36. The molecule has 0 aliphatic carbocycles. The summed E-state index contributed by atoms with van der Waals surface area (Å²) >= 11 is 1.49. The van der Waals surface area contributed by atoms with E-state index in [1.807, 2.05) is 55.5 Å². The number of aryl methyl sites for hydroxylation is 1. The summed E-state index contributed by atoms with van der Waals surface area (Å²) in [7, 11) is 0. The van der Waals surface area contributed by atoms with E-state index >= 15 is 0 Å². The Labute approximate surface area is 147 Å². The van der Waals surface area contributed by atoms with E-state index in [9.17, 15) is 4.79 Å². The number of carbonyl (C=O) groups excluding carboxylic acids is 1. The zero-order valence-electron chi connectivity index (χ0n) is 14.0. The van der Waals surface area contributed by atoms with Gasteiger partial charge in [0.2, 0.25) is 5.91 Å². The normalized spacial score (nSPS) is 10.8. The highest BCUT2D eigenvalue weighted by molar-refractivity contribution is 8.00. The van der Waals surface area contributed by atoms with E-state index < -0.39 is 0 Å². The Hall–Kier alpha value is -2.27.